The predicted octanol–water partition coefficient (Wildman–Crippen LogP) is 5.18. The van der Waals surface area contributed by atoms with E-state index in [9.17, 15) is 9.59 Å². The Labute approximate surface area is 190 Å². The molecule has 0 saturated heterocycles. The summed E-state index contributed by atoms with van der Waals surface area (Å²) < 4.78 is 21.2. The summed E-state index contributed by atoms with van der Waals surface area (Å²) in [4.78, 5) is 26.7. The zero-order valence-corrected chi connectivity index (χ0v) is 19.4. The minimum absolute atomic E-state index is 0.231. The Balaban J connectivity index is 2.04. The van der Waals surface area contributed by atoms with E-state index < -0.39 is 11.9 Å². The van der Waals surface area contributed by atoms with Gasteiger partial charge >= 0.3 is 5.97 Å². The summed E-state index contributed by atoms with van der Waals surface area (Å²) in [6, 6.07) is 12.8. The second-order valence-corrected chi connectivity index (χ2v) is 7.74. The molecule has 32 heavy (non-hydrogen) atoms. The van der Waals surface area contributed by atoms with Crippen molar-refractivity contribution in [1.82, 2.24) is 0 Å². The van der Waals surface area contributed by atoms with Gasteiger partial charge in [-0.15, -0.1) is 11.3 Å². The Kier molecular flexibility index (Phi) is 7.37. The minimum Gasteiger partial charge on any atom is -0.493 e. The first kappa shape index (κ1) is 23.1. The molecule has 2 aromatic carbocycles. The first-order chi connectivity index (χ1) is 15.4. The molecule has 0 unspecified atom stereocenters. The SMILES string of the molecule is CCOC(=O)c1c(NC(=O)c2cc(OC)c(OC)c(OC)c2)sc(-c2ccccc2)c1C. The second-order valence-electron chi connectivity index (χ2n) is 6.71. The fourth-order valence-corrected chi connectivity index (χ4v) is 4.50. The molecule has 1 N–H and O–H groups in total. The highest BCUT2D eigenvalue weighted by molar-refractivity contribution is 7.20. The van der Waals surface area contributed by atoms with E-state index in [2.05, 4.69) is 5.32 Å². The van der Waals surface area contributed by atoms with Crippen molar-refractivity contribution in [2.45, 2.75) is 13.8 Å². The van der Waals surface area contributed by atoms with Crippen LogP contribution in [0.25, 0.3) is 10.4 Å². The van der Waals surface area contributed by atoms with Crippen LogP contribution < -0.4 is 19.5 Å². The van der Waals surface area contributed by atoms with Crippen molar-refractivity contribution in [2.24, 2.45) is 0 Å². The van der Waals surface area contributed by atoms with Gasteiger partial charge in [-0.2, -0.15) is 0 Å². The van der Waals surface area contributed by atoms with Crippen molar-refractivity contribution >= 4 is 28.2 Å². The zero-order valence-electron chi connectivity index (χ0n) is 18.6. The van der Waals surface area contributed by atoms with Gasteiger partial charge in [0.25, 0.3) is 5.91 Å². The number of nitrogens with one attached hydrogen (secondary N) is 1. The van der Waals surface area contributed by atoms with Gasteiger partial charge in [0.05, 0.1) is 33.5 Å². The number of carbonyl (C=O) groups is 2. The topological polar surface area (TPSA) is 83.1 Å². The van der Waals surface area contributed by atoms with E-state index in [-0.39, 0.29) is 6.61 Å². The molecule has 0 spiro atoms. The molecule has 0 radical (unpaired) electrons. The van der Waals surface area contributed by atoms with Gasteiger partial charge in [-0.05, 0) is 37.1 Å². The number of hydrogen-bond acceptors (Lipinski definition) is 7. The molecule has 0 atom stereocenters. The van der Waals surface area contributed by atoms with E-state index in [1.807, 2.05) is 37.3 Å². The third kappa shape index (κ3) is 4.55. The van der Waals surface area contributed by atoms with Gasteiger partial charge in [0, 0.05) is 10.4 Å². The molecule has 0 aliphatic heterocycles. The number of methoxy groups -OCH3 is 3. The van der Waals surface area contributed by atoms with E-state index in [0.29, 0.717) is 33.4 Å². The molecule has 168 valence electrons. The highest BCUT2D eigenvalue weighted by Gasteiger charge is 2.25. The van der Waals surface area contributed by atoms with E-state index >= 15 is 0 Å². The fourth-order valence-electron chi connectivity index (χ4n) is 3.30. The lowest BCUT2D eigenvalue weighted by Crippen LogP contribution is -2.15. The Morgan fingerprint density at radius 2 is 1.59 bits per heavy atom. The lowest BCUT2D eigenvalue weighted by molar-refractivity contribution is 0.0527. The van der Waals surface area contributed by atoms with E-state index in [0.717, 1.165) is 16.0 Å². The first-order valence-electron chi connectivity index (χ1n) is 9.92. The Morgan fingerprint density at radius 3 is 2.12 bits per heavy atom. The smallest absolute Gasteiger partial charge is 0.341 e. The van der Waals surface area contributed by atoms with Crippen molar-refractivity contribution in [3.63, 3.8) is 0 Å². The quantitative estimate of drug-likeness (QED) is 0.472. The number of ether oxygens (including phenoxy) is 4. The number of esters is 1. The summed E-state index contributed by atoms with van der Waals surface area (Å²) >= 11 is 1.32. The third-order valence-electron chi connectivity index (χ3n) is 4.82. The fraction of sp³-hybridized carbons (Fsp3) is 0.250. The molecule has 3 aromatic rings. The van der Waals surface area contributed by atoms with Gasteiger partial charge in [-0.3, -0.25) is 4.79 Å². The Morgan fingerprint density at radius 1 is 0.969 bits per heavy atom. The average molecular weight is 456 g/mol. The summed E-state index contributed by atoms with van der Waals surface area (Å²) in [7, 11) is 4.45. The van der Waals surface area contributed by atoms with Crippen LogP contribution in [-0.4, -0.2) is 39.8 Å². The Hall–Kier alpha value is -3.52. The van der Waals surface area contributed by atoms with Crippen LogP contribution in [0.3, 0.4) is 0 Å². The maximum absolute atomic E-state index is 13.1. The van der Waals surface area contributed by atoms with Crippen molar-refractivity contribution < 1.29 is 28.5 Å². The van der Waals surface area contributed by atoms with Crippen molar-refractivity contribution in [1.29, 1.82) is 0 Å². The molecular formula is C24H25NO6S. The molecule has 3 rings (SSSR count). The van der Waals surface area contributed by atoms with Crippen LogP contribution in [0, 0.1) is 6.92 Å². The number of thiophene rings is 1. The van der Waals surface area contributed by atoms with Crippen molar-refractivity contribution in [3.8, 4) is 27.7 Å². The molecular weight excluding hydrogens is 430 g/mol. The molecule has 0 aliphatic carbocycles. The van der Waals surface area contributed by atoms with Crippen LogP contribution in [0.2, 0.25) is 0 Å². The van der Waals surface area contributed by atoms with Gasteiger partial charge in [0.1, 0.15) is 5.00 Å². The van der Waals surface area contributed by atoms with E-state index in [4.69, 9.17) is 18.9 Å². The number of carbonyl (C=O) groups excluding carboxylic acids is 2. The Bertz CT molecular complexity index is 1100. The number of rotatable bonds is 8. The monoisotopic (exact) mass is 455 g/mol. The number of benzene rings is 2. The van der Waals surface area contributed by atoms with Gasteiger partial charge in [0.15, 0.2) is 11.5 Å². The van der Waals surface area contributed by atoms with Gasteiger partial charge in [-0.1, -0.05) is 30.3 Å². The first-order valence-corrected chi connectivity index (χ1v) is 10.7. The van der Waals surface area contributed by atoms with Crippen LogP contribution in [0.4, 0.5) is 5.00 Å². The minimum atomic E-state index is -0.483. The zero-order chi connectivity index (χ0) is 23.3. The van der Waals surface area contributed by atoms with Gasteiger partial charge < -0.3 is 24.3 Å². The van der Waals surface area contributed by atoms with Crippen LogP contribution in [0.1, 0.15) is 33.2 Å². The number of hydrogen-bond donors (Lipinski definition) is 1. The molecule has 1 aromatic heterocycles. The molecule has 0 bridgehead atoms. The predicted molar refractivity (Wildman–Crippen MR) is 124 cm³/mol. The summed E-state index contributed by atoms with van der Waals surface area (Å²) in [5, 5.41) is 3.28. The maximum Gasteiger partial charge on any atom is 0.341 e. The number of anilines is 1. The highest BCUT2D eigenvalue weighted by Crippen LogP contribution is 2.41. The normalized spacial score (nSPS) is 10.4. The summed E-state index contributed by atoms with van der Waals surface area (Å²) in [5.74, 6) is 0.196. The summed E-state index contributed by atoms with van der Waals surface area (Å²) in [5.41, 5.74) is 2.34. The van der Waals surface area contributed by atoms with Crippen LogP contribution in [0.5, 0.6) is 17.2 Å². The largest absolute Gasteiger partial charge is 0.493 e. The molecule has 1 amide bonds. The maximum atomic E-state index is 13.1. The van der Waals surface area contributed by atoms with Crippen LogP contribution >= 0.6 is 11.3 Å². The average Bonchev–Trinajstić information content (AvgIpc) is 3.14. The van der Waals surface area contributed by atoms with E-state index in [1.54, 1.807) is 19.1 Å². The van der Waals surface area contributed by atoms with E-state index in [1.165, 1.54) is 32.7 Å². The highest BCUT2D eigenvalue weighted by atomic mass is 32.1. The number of amides is 1. The molecule has 7 nitrogen and oxygen atoms in total. The molecule has 0 aliphatic rings. The standard InChI is InChI=1S/C24H25NO6S/c1-6-31-24(27)19-14(2)21(15-10-8-7-9-11-15)32-23(19)25-22(26)16-12-17(28-3)20(30-5)18(13-16)29-4/h7-13H,6H2,1-5H3,(H,25,26). The van der Waals surface area contributed by atoms with Crippen LogP contribution in [-0.2, 0) is 4.74 Å². The molecule has 8 heteroatoms. The lowest BCUT2D eigenvalue weighted by atomic mass is 10.1. The second kappa shape index (κ2) is 10.2. The van der Waals surface area contributed by atoms with Crippen LogP contribution in [0.15, 0.2) is 42.5 Å². The third-order valence-corrected chi connectivity index (χ3v) is 6.07. The van der Waals surface area contributed by atoms with Crippen molar-refractivity contribution in [3.05, 3.63) is 59.2 Å². The molecule has 0 fully saturated rings. The molecule has 0 saturated carbocycles. The molecule has 1 heterocycles. The summed E-state index contributed by atoms with van der Waals surface area (Å²) in [6.45, 7) is 3.82. The summed E-state index contributed by atoms with van der Waals surface area (Å²) in [6.07, 6.45) is 0. The van der Waals surface area contributed by atoms with Gasteiger partial charge in [0.2, 0.25) is 5.75 Å². The lowest BCUT2D eigenvalue weighted by Gasteiger charge is -2.14. The van der Waals surface area contributed by atoms with Crippen molar-refractivity contribution in [2.75, 3.05) is 33.3 Å². The van der Waals surface area contributed by atoms with Gasteiger partial charge in [-0.25, -0.2) is 4.79 Å².